The van der Waals surface area contributed by atoms with Crippen molar-refractivity contribution in [3.8, 4) is 17.0 Å². The molecule has 2 saturated carbocycles. The van der Waals surface area contributed by atoms with E-state index in [0.29, 0.717) is 29.4 Å². The first-order valence-corrected chi connectivity index (χ1v) is 12.6. The summed E-state index contributed by atoms with van der Waals surface area (Å²) in [6.45, 7) is 4.51. The Labute approximate surface area is 198 Å². The molecule has 4 fully saturated rings. The Kier molecular flexibility index (Phi) is 5.33. The van der Waals surface area contributed by atoms with E-state index in [1.807, 2.05) is 0 Å². The molecule has 1 spiro atoms. The number of hydrogen-bond donors (Lipinski definition) is 1. The Morgan fingerprint density at radius 3 is 2.68 bits per heavy atom. The van der Waals surface area contributed by atoms with E-state index in [1.165, 1.54) is 37.4 Å². The standard InChI is InChI=1S/C25H33F2N5O2/c1-3-14(2)32-20(10-19(30-32)15-7-21(34-24(26)27)23(28)29-11-15)22-17-8-16(9-18(17)22)31-12-25(13-31)5-4-6-33-25/h7,10-11,14,16-18,22,24H,3-6,8-9,12-13H2,1-2H3,(H2,28,29)/t14?,16-,17+,18-,22-. The molecule has 9 heteroatoms. The number of hydrogen-bond acceptors (Lipinski definition) is 6. The fraction of sp³-hybridized carbons (Fsp3) is 0.680. The van der Waals surface area contributed by atoms with E-state index in [-0.39, 0.29) is 23.2 Å². The SMILES string of the molecule is CCC(C)n1nc(-c2cnc(N)c(OC(F)F)c2)cc1[C@H]1[C@@H]2C[C@H](N3CC4(CCCO4)C3)C[C@@H]21. The number of nitrogens with zero attached hydrogens (tertiary/aromatic N) is 4. The van der Waals surface area contributed by atoms with Crippen molar-refractivity contribution in [3.63, 3.8) is 0 Å². The Morgan fingerprint density at radius 1 is 1.26 bits per heavy atom. The molecule has 5 atom stereocenters. The molecule has 34 heavy (non-hydrogen) atoms. The van der Waals surface area contributed by atoms with Crippen LogP contribution in [0.1, 0.15) is 63.6 Å². The molecule has 2 aromatic heterocycles. The van der Waals surface area contributed by atoms with Crippen LogP contribution >= 0.6 is 0 Å². The zero-order valence-electron chi connectivity index (χ0n) is 19.8. The summed E-state index contributed by atoms with van der Waals surface area (Å²) in [5.41, 5.74) is 8.51. The van der Waals surface area contributed by atoms with E-state index in [4.69, 9.17) is 15.6 Å². The first kappa shape index (κ1) is 22.2. The van der Waals surface area contributed by atoms with Crippen molar-refractivity contribution in [1.29, 1.82) is 0 Å². The van der Waals surface area contributed by atoms with Crippen LogP contribution in [0, 0.1) is 11.8 Å². The van der Waals surface area contributed by atoms with Gasteiger partial charge < -0.3 is 15.2 Å². The van der Waals surface area contributed by atoms with Gasteiger partial charge in [0.25, 0.3) is 0 Å². The van der Waals surface area contributed by atoms with E-state index in [0.717, 1.165) is 31.8 Å². The highest BCUT2D eigenvalue weighted by atomic mass is 19.3. The quantitative estimate of drug-likeness (QED) is 0.640. The van der Waals surface area contributed by atoms with Gasteiger partial charge in [-0.1, -0.05) is 6.92 Å². The van der Waals surface area contributed by atoms with Gasteiger partial charge in [0.05, 0.1) is 11.3 Å². The molecule has 2 aromatic rings. The summed E-state index contributed by atoms with van der Waals surface area (Å²) in [7, 11) is 0. The Bertz CT molecular complexity index is 1050. The number of likely N-dealkylation sites (tertiary alicyclic amines) is 1. The monoisotopic (exact) mass is 473 g/mol. The number of halogens is 2. The van der Waals surface area contributed by atoms with Crippen LogP contribution in [0.3, 0.4) is 0 Å². The molecular weight excluding hydrogens is 440 g/mol. The lowest BCUT2D eigenvalue weighted by atomic mass is 9.88. The fourth-order valence-electron chi connectivity index (χ4n) is 6.62. The molecular formula is C25H33F2N5O2. The Morgan fingerprint density at radius 2 is 2.03 bits per heavy atom. The molecule has 184 valence electrons. The van der Waals surface area contributed by atoms with Crippen LogP contribution in [-0.2, 0) is 4.74 Å². The molecule has 0 radical (unpaired) electrons. The maximum Gasteiger partial charge on any atom is 0.387 e. The van der Waals surface area contributed by atoms with Crippen molar-refractivity contribution in [3.05, 3.63) is 24.0 Å². The number of nitrogen functional groups attached to an aromatic ring is 1. The third-order valence-electron chi connectivity index (χ3n) is 8.61. The molecule has 2 aliphatic heterocycles. The van der Waals surface area contributed by atoms with E-state index in [1.54, 1.807) is 6.20 Å². The summed E-state index contributed by atoms with van der Waals surface area (Å²) in [4.78, 5) is 6.70. The second kappa shape index (κ2) is 8.16. The Balaban J connectivity index is 1.19. The van der Waals surface area contributed by atoms with Gasteiger partial charge in [0, 0.05) is 55.2 Å². The number of rotatable bonds is 7. The van der Waals surface area contributed by atoms with Gasteiger partial charge in [-0.2, -0.15) is 13.9 Å². The third kappa shape index (κ3) is 3.68. The predicted octanol–water partition coefficient (Wildman–Crippen LogP) is 4.46. The minimum absolute atomic E-state index is 0.0517. The fourth-order valence-corrected chi connectivity index (χ4v) is 6.62. The lowest BCUT2D eigenvalue weighted by Gasteiger charge is -2.50. The summed E-state index contributed by atoms with van der Waals surface area (Å²) in [6.07, 6.45) is 7.44. The van der Waals surface area contributed by atoms with Crippen LogP contribution in [-0.4, -0.2) is 57.6 Å². The number of aromatic nitrogens is 3. The van der Waals surface area contributed by atoms with E-state index >= 15 is 0 Å². The zero-order valence-corrected chi connectivity index (χ0v) is 19.8. The smallest absolute Gasteiger partial charge is 0.387 e. The summed E-state index contributed by atoms with van der Waals surface area (Å²) < 4.78 is 38.2. The second-order valence-electron chi connectivity index (χ2n) is 10.7. The minimum atomic E-state index is -2.95. The highest BCUT2D eigenvalue weighted by Gasteiger charge is 2.61. The average Bonchev–Trinajstić information content (AvgIpc) is 3.27. The molecule has 6 rings (SSSR count). The number of fused-ring (bicyclic) bond motifs is 1. The van der Waals surface area contributed by atoms with Gasteiger partial charge in [-0.15, -0.1) is 0 Å². The topological polar surface area (TPSA) is 78.4 Å². The molecule has 2 aliphatic carbocycles. The van der Waals surface area contributed by atoms with Crippen LogP contribution in [0.5, 0.6) is 5.75 Å². The molecule has 0 amide bonds. The van der Waals surface area contributed by atoms with Crippen molar-refractivity contribution in [1.82, 2.24) is 19.7 Å². The molecule has 4 heterocycles. The van der Waals surface area contributed by atoms with E-state index in [2.05, 4.69) is 39.2 Å². The number of alkyl halides is 2. The number of pyridine rings is 1. The van der Waals surface area contributed by atoms with Crippen molar-refractivity contribution >= 4 is 5.82 Å². The van der Waals surface area contributed by atoms with Crippen molar-refractivity contribution in [2.75, 3.05) is 25.4 Å². The summed E-state index contributed by atoms with van der Waals surface area (Å²) in [6, 6.07) is 4.56. The number of anilines is 1. The molecule has 1 unspecified atom stereocenters. The van der Waals surface area contributed by atoms with Gasteiger partial charge in [-0.05, 0) is 63.0 Å². The maximum atomic E-state index is 12.8. The molecule has 2 saturated heterocycles. The van der Waals surface area contributed by atoms with Gasteiger partial charge in [0.2, 0.25) is 0 Å². The predicted molar refractivity (Wildman–Crippen MR) is 124 cm³/mol. The van der Waals surface area contributed by atoms with Crippen LogP contribution in [0.25, 0.3) is 11.3 Å². The highest BCUT2D eigenvalue weighted by Crippen LogP contribution is 2.65. The summed E-state index contributed by atoms with van der Waals surface area (Å²) in [5.74, 6) is 1.74. The first-order chi connectivity index (χ1) is 16.4. The van der Waals surface area contributed by atoms with Gasteiger partial charge in [0.1, 0.15) is 0 Å². The van der Waals surface area contributed by atoms with Gasteiger partial charge in [0.15, 0.2) is 11.6 Å². The third-order valence-corrected chi connectivity index (χ3v) is 8.61. The molecule has 4 aliphatic rings. The minimum Gasteiger partial charge on any atom is -0.431 e. The van der Waals surface area contributed by atoms with Gasteiger partial charge in [-0.3, -0.25) is 9.58 Å². The number of nitrogens with two attached hydrogens (primary N) is 1. The number of ether oxygens (including phenoxy) is 2. The van der Waals surface area contributed by atoms with Gasteiger partial charge >= 0.3 is 6.61 Å². The van der Waals surface area contributed by atoms with Crippen LogP contribution in [0.15, 0.2) is 18.3 Å². The lowest BCUT2D eigenvalue weighted by Crippen LogP contribution is -2.64. The van der Waals surface area contributed by atoms with Crippen molar-refractivity contribution < 1.29 is 18.3 Å². The Hall–Kier alpha value is -2.26. The van der Waals surface area contributed by atoms with E-state index in [9.17, 15) is 8.78 Å². The molecule has 0 bridgehead atoms. The van der Waals surface area contributed by atoms with Crippen LogP contribution < -0.4 is 10.5 Å². The van der Waals surface area contributed by atoms with Crippen LogP contribution in [0.2, 0.25) is 0 Å². The normalized spacial score (nSPS) is 30.5. The van der Waals surface area contributed by atoms with Crippen molar-refractivity contribution in [2.24, 2.45) is 11.8 Å². The summed E-state index contributed by atoms with van der Waals surface area (Å²) in [5, 5.41) is 4.89. The largest absolute Gasteiger partial charge is 0.431 e. The van der Waals surface area contributed by atoms with Crippen LogP contribution in [0.4, 0.5) is 14.6 Å². The van der Waals surface area contributed by atoms with Gasteiger partial charge in [-0.25, -0.2) is 4.98 Å². The first-order valence-electron chi connectivity index (χ1n) is 12.6. The molecule has 2 N–H and O–H groups in total. The van der Waals surface area contributed by atoms with E-state index < -0.39 is 6.61 Å². The zero-order chi connectivity index (χ0) is 23.6. The molecule has 0 aromatic carbocycles. The second-order valence-corrected chi connectivity index (χ2v) is 10.7. The maximum absolute atomic E-state index is 12.8. The highest BCUT2D eigenvalue weighted by molar-refractivity contribution is 5.64. The average molecular weight is 474 g/mol. The lowest BCUT2D eigenvalue weighted by molar-refractivity contribution is -0.126. The summed E-state index contributed by atoms with van der Waals surface area (Å²) >= 11 is 0. The van der Waals surface area contributed by atoms with Crippen molar-refractivity contribution in [2.45, 2.75) is 76.2 Å². The molecule has 7 nitrogen and oxygen atoms in total.